The van der Waals surface area contributed by atoms with Crippen LogP contribution in [0, 0.1) is 111 Å². The number of hydrogen-bond acceptors (Lipinski definition) is 6. The Bertz CT molecular complexity index is 4540. The number of rotatable bonds is 17. The summed E-state index contributed by atoms with van der Waals surface area (Å²) in [5, 5.41) is 4.93. The van der Waals surface area contributed by atoms with Crippen molar-refractivity contribution in [1.29, 1.82) is 0 Å². The third kappa shape index (κ3) is 11.4. The van der Waals surface area contributed by atoms with Gasteiger partial charge >= 0.3 is 7.75 Å². The molecule has 8 bridgehead atoms. The van der Waals surface area contributed by atoms with Gasteiger partial charge in [-0.05, 0) is 72.5 Å². The topological polar surface area (TPSA) is 117 Å². The monoisotopic (exact) mass is 1300 g/mol. The van der Waals surface area contributed by atoms with Crippen molar-refractivity contribution in [3.63, 3.8) is 0 Å². The molecule has 9 aromatic rings. The fraction of sp³-hybridized carbons (Fsp3) is 0.0968. The lowest BCUT2D eigenvalue weighted by Crippen LogP contribution is -2.17. The highest BCUT2D eigenvalue weighted by molar-refractivity contribution is 7.51. The lowest BCUT2D eigenvalue weighted by atomic mass is 10.0. The number of fused-ring (bicyclic) bond motifs is 8. The number of hydrogen-bond donors (Lipinski definition) is 4. The predicted molar refractivity (Wildman–Crippen MR) is 296 cm³/mol. The maximum atomic E-state index is 17.1. The first-order valence-corrected chi connectivity index (χ1v) is 28.0. The second kappa shape index (κ2) is 25.1. The van der Waals surface area contributed by atoms with E-state index in [4.69, 9.17) is 9.05 Å². The van der Waals surface area contributed by atoms with E-state index in [0.29, 0.717) is 59.7 Å². The highest BCUT2D eigenvalue weighted by Crippen LogP contribution is 2.47. The maximum absolute atomic E-state index is 17.1. The largest absolute Gasteiger partial charge is 0.406 e. The van der Waals surface area contributed by atoms with Crippen LogP contribution in [0.1, 0.15) is 46.7 Å². The van der Waals surface area contributed by atoms with E-state index in [1.54, 1.807) is 60.7 Å². The van der Waals surface area contributed by atoms with E-state index in [1.165, 1.54) is 0 Å². The molecule has 468 valence electrons. The van der Waals surface area contributed by atoms with Gasteiger partial charge in [-0.15, -0.1) is 0 Å². The SMILES string of the molecule is O=P(NCCCCNc1c(F)c(F)c(-c2c3nc(c(-c4c(F)c(F)c(F)c(F)c4F)c4ccc([nH]4)c(-c4c(F)c(F)c(F)c(F)c4F)c4nc(c(-c5c(F)c(F)c(F)c(F)c5F)c5ccc2[nH]5)C=C4)C=C3)c(F)c1F)(OCc1ccccc1)OCc1ccccc1. The van der Waals surface area contributed by atoms with Crippen LogP contribution in [0.4, 0.5) is 89.1 Å². The molecule has 0 saturated carbocycles. The van der Waals surface area contributed by atoms with E-state index in [9.17, 15) is 17.7 Å². The van der Waals surface area contributed by atoms with Gasteiger partial charge in [-0.3, -0.25) is 9.05 Å². The lowest BCUT2D eigenvalue weighted by Gasteiger charge is -2.20. The number of aromatic amines is 2. The van der Waals surface area contributed by atoms with Crippen LogP contribution >= 0.6 is 7.75 Å². The Hall–Kier alpha value is -9.50. The van der Waals surface area contributed by atoms with Crippen LogP contribution in [-0.4, -0.2) is 33.0 Å². The minimum absolute atomic E-state index is 0.0366. The van der Waals surface area contributed by atoms with Gasteiger partial charge in [0, 0.05) is 57.4 Å². The molecule has 0 atom stereocenters. The number of H-pyrrole nitrogens is 2. The molecule has 0 radical (unpaired) electrons. The Kier molecular flexibility index (Phi) is 17.4. The van der Waals surface area contributed by atoms with Crippen molar-refractivity contribution in [2.45, 2.75) is 26.1 Å². The third-order valence-corrected chi connectivity index (χ3v) is 15.9. The van der Waals surface area contributed by atoms with Crippen molar-refractivity contribution in [3.05, 3.63) is 229 Å². The van der Waals surface area contributed by atoms with Crippen molar-refractivity contribution in [2.24, 2.45) is 0 Å². The number of nitrogens with one attached hydrogen (secondary N) is 4. The molecule has 3 aromatic heterocycles. The normalized spacial score (nSPS) is 12.3. The van der Waals surface area contributed by atoms with Crippen molar-refractivity contribution >= 4 is 59.8 Å². The van der Waals surface area contributed by atoms with Crippen LogP contribution in [0.3, 0.4) is 0 Å². The molecule has 0 amide bonds. The standard InChI is InChI=1S/C62H34F19N6O3P/c63-43-39(44(64)52(72)57(77)51(43)71)35-27-13-15-29(84-27)36(40-45(65)53(73)58(78)54(74)46(40)66)31-17-19-33(86-31)38(34-20-18-32(87-34)37(30-16-14-28(35)85-30)41-47(67)55(75)59(79)56(76)48(41)68)42-49(69)60(80)62(61(81)50(42)70)82-21-7-8-22-83-91(88,89-23-25-9-3-1-4-10-25)90-24-26-11-5-2-6-12-26/h1-6,9-20,82,84,87H,7-8,21-24H2,(H,83,88). The Morgan fingerprint density at radius 1 is 0.330 bits per heavy atom. The van der Waals surface area contributed by atoms with Gasteiger partial charge in [-0.25, -0.2) is 103 Å². The smallest absolute Gasteiger partial charge is 0.380 e. The van der Waals surface area contributed by atoms with Gasteiger partial charge < -0.3 is 15.3 Å². The van der Waals surface area contributed by atoms with Crippen LogP contribution in [0.25, 0.3) is 90.9 Å². The lowest BCUT2D eigenvalue weighted by molar-refractivity contribution is 0.182. The van der Waals surface area contributed by atoms with Crippen molar-refractivity contribution < 1.29 is 97.0 Å². The zero-order valence-electron chi connectivity index (χ0n) is 45.4. The van der Waals surface area contributed by atoms with Crippen LogP contribution in [-0.2, 0) is 26.8 Å². The zero-order valence-corrected chi connectivity index (χ0v) is 46.3. The van der Waals surface area contributed by atoms with E-state index in [0.717, 1.165) is 0 Å². The molecule has 9 nitrogen and oxygen atoms in total. The van der Waals surface area contributed by atoms with Crippen molar-refractivity contribution in [3.8, 4) is 44.5 Å². The van der Waals surface area contributed by atoms with E-state index in [-0.39, 0.29) is 32.6 Å². The quantitative estimate of drug-likeness (QED) is 0.0236. The molecule has 29 heteroatoms. The molecule has 0 unspecified atom stereocenters. The average molecular weight is 1300 g/mol. The first-order valence-electron chi connectivity index (χ1n) is 26.5. The van der Waals surface area contributed by atoms with E-state index >= 15 is 70.2 Å². The number of unbranched alkanes of at least 4 members (excludes halogenated alkanes) is 1. The van der Waals surface area contributed by atoms with E-state index in [1.807, 2.05) is 0 Å². The molecule has 0 spiro atoms. The summed E-state index contributed by atoms with van der Waals surface area (Å²) in [6, 6.07) is 19.9. The molecule has 2 aliphatic rings. The van der Waals surface area contributed by atoms with Gasteiger partial charge in [0.15, 0.2) is 93.1 Å². The minimum Gasteiger partial charge on any atom is -0.380 e. The predicted octanol–water partition coefficient (Wildman–Crippen LogP) is 18.3. The fourth-order valence-electron chi connectivity index (χ4n) is 10.0. The van der Waals surface area contributed by atoms with Gasteiger partial charge in [-0.1, -0.05) is 60.7 Å². The first kappa shape index (κ1) is 63.1. The number of nitrogens with zero attached hydrogens (tertiary/aromatic N) is 2. The molecule has 0 saturated heterocycles. The van der Waals surface area contributed by atoms with Gasteiger partial charge in [-0.2, -0.15) is 0 Å². The van der Waals surface area contributed by atoms with Gasteiger partial charge in [0.25, 0.3) is 0 Å². The van der Waals surface area contributed by atoms with Crippen molar-refractivity contribution in [1.82, 2.24) is 25.0 Å². The summed E-state index contributed by atoms with van der Waals surface area (Å²) in [7, 11) is -4.07. The third-order valence-electron chi connectivity index (χ3n) is 14.3. The maximum Gasteiger partial charge on any atom is 0.406 e. The van der Waals surface area contributed by atoms with Crippen LogP contribution < -0.4 is 10.4 Å². The summed E-state index contributed by atoms with van der Waals surface area (Å²) in [6.45, 7) is -0.882. The molecule has 0 fully saturated rings. The summed E-state index contributed by atoms with van der Waals surface area (Å²) >= 11 is 0. The van der Waals surface area contributed by atoms with E-state index in [2.05, 4.69) is 30.3 Å². The molecule has 6 aromatic carbocycles. The number of halogens is 19. The highest BCUT2D eigenvalue weighted by Gasteiger charge is 2.36. The molecule has 5 heterocycles. The Morgan fingerprint density at radius 2 is 0.593 bits per heavy atom. The summed E-state index contributed by atoms with van der Waals surface area (Å²) in [5.41, 5.74) is -20.1. The minimum atomic E-state index is -4.07. The Balaban J connectivity index is 1.10. The molecule has 4 N–H and O–H groups in total. The fourth-order valence-corrected chi connectivity index (χ4v) is 11.3. The van der Waals surface area contributed by atoms with Crippen LogP contribution in [0.2, 0.25) is 0 Å². The van der Waals surface area contributed by atoms with Crippen LogP contribution in [0.15, 0.2) is 84.9 Å². The average Bonchev–Trinajstić information content (AvgIpc) is 1.70. The molecule has 11 rings (SSSR count). The second-order valence-electron chi connectivity index (χ2n) is 19.9. The molecule has 91 heavy (non-hydrogen) atoms. The number of benzene rings is 6. The van der Waals surface area contributed by atoms with Gasteiger partial charge in [0.05, 0.1) is 58.2 Å². The molecule has 0 aliphatic carbocycles. The number of aromatic nitrogens is 4. The Labute approximate surface area is 498 Å². The molecular weight excluding hydrogens is 1270 g/mol. The van der Waals surface area contributed by atoms with E-state index < -0.39 is 220 Å². The highest BCUT2D eigenvalue weighted by atomic mass is 31.2. The first-order chi connectivity index (χ1) is 43.4. The summed E-state index contributed by atoms with van der Waals surface area (Å²) < 4.78 is 324. The summed E-state index contributed by atoms with van der Waals surface area (Å²) in [4.78, 5) is 12.8. The van der Waals surface area contributed by atoms with Gasteiger partial charge in [0.1, 0.15) is 5.69 Å². The van der Waals surface area contributed by atoms with Crippen LogP contribution in [0.5, 0.6) is 0 Å². The number of anilines is 1. The van der Waals surface area contributed by atoms with Gasteiger partial charge in [0.2, 0.25) is 17.5 Å². The molecular formula is C62H34F19N6O3P. The summed E-state index contributed by atoms with van der Waals surface area (Å²) in [6.07, 6.45) is 2.56. The Morgan fingerprint density at radius 3 is 0.890 bits per heavy atom. The van der Waals surface area contributed by atoms with Crippen molar-refractivity contribution in [2.75, 3.05) is 18.4 Å². The second-order valence-corrected chi connectivity index (χ2v) is 21.7. The molecule has 2 aliphatic heterocycles. The summed E-state index contributed by atoms with van der Waals surface area (Å²) in [5.74, 6) is -48.2. The zero-order chi connectivity index (χ0) is 65.1.